The molecular formula is C3H3N2O. The predicted octanol–water partition coefficient (Wildman–Crippen LogP) is 0.589. The molecule has 1 rings (SSSR count). The Balaban J connectivity index is 3.05. The fourth-order valence-electron chi connectivity index (χ4n) is 0.213. The smallest absolute Gasteiger partial charge is 0.183 e. The molecule has 0 fully saturated rings. The minimum absolute atomic E-state index is 0.176. The van der Waals surface area contributed by atoms with Crippen molar-refractivity contribution in [1.82, 2.24) is 10.7 Å². The van der Waals surface area contributed by atoms with E-state index in [1.807, 2.05) is 0 Å². The molecule has 0 bridgehead atoms. The van der Waals surface area contributed by atoms with Crippen LogP contribution in [0.25, 0.3) is 0 Å². The van der Waals surface area contributed by atoms with Gasteiger partial charge in [0.2, 0.25) is 0 Å². The lowest BCUT2D eigenvalue weighted by Gasteiger charge is -1.61. The summed E-state index contributed by atoms with van der Waals surface area (Å²) >= 11 is 0. The maximum atomic E-state index is 6.67. The third-order valence-electron chi connectivity index (χ3n) is 0.432. The summed E-state index contributed by atoms with van der Waals surface area (Å²) < 4.78 is 4.42. The molecule has 1 aromatic rings. The molecule has 0 amide bonds. The molecule has 0 spiro atoms. The van der Waals surface area contributed by atoms with Crippen LogP contribution in [0.1, 0.15) is 0 Å². The van der Waals surface area contributed by atoms with Gasteiger partial charge in [-0.3, -0.25) is 5.73 Å². The molecule has 0 unspecified atom stereocenters. The third-order valence-corrected chi connectivity index (χ3v) is 0.432. The van der Waals surface area contributed by atoms with Crippen LogP contribution in [-0.4, -0.2) is 4.98 Å². The van der Waals surface area contributed by atoms with Crippen molar-refractivity contribution in [2.75, 3.05) is 0 Å². The van der Waals surface area contributed by atoms with Gasteiger partial charge in [0.15, 0.2) is 12.2 Å². The summed E-state index contributed by atoms with van der Waals surface area (Å²) in [6.45, 7) is 0. The predicted molar refractivity (Wildman–Crippen MR) is 19.3 cm³/mol. The molecular weight excluding hydrogens is 80.0 g/mol. The van der Waals surface area contributed by atoms with Crippen molar-refractivity contribution in [2.24, 2.45) is 0 Å². The summed E-state index contributed by atoms with van der Waals surface area (Å²) in [7, 11) is 0. The maximum Gasteiger partial charge on any atom is 0.183 e. The minimum atomic E-state index is 0.176. The van der Waals surface area contributed by atoms with E-state index in [-0.39, 0.29) is 5.82 Å². The molecule has 0 atom stereocenters. The van der Waals surface area contributed by atoms with Crippen molar-refractivity contribution >= 4 is 5.82 Å². The first-order valence-corrected chi connectivity index (χ1v) is 1.49. The topological polar surface area (TPSA) is 49.8 Å². The Morgan fingerprint density at radius 1 is 1.83 bits per heavy atom. The Morgan fingerprint density at radius 2 is 2.67 bits per heavy atom. The van der Waals surface area contributed by atoms with Crippen molar-refractivity contribution in [3.05, 3.63) is 12.7 Å². The summed E-state index contributed by atoms with van der Waals surface area (Å²) in [5.41, 5.74) is 6.67. The number of aromatic nitrogens is 1. The zero-order valence-electron chi connectivity index (χ0n) is 3.01. The van der Waals surface area contributed by atoms with Crippen LogP contribution in [0.4, 0.5) is 5.82 Å². The normalized spacial score (nSPS) is 8.67. The first kappa shape index (κ1) is 3.21. The van der Waals surface area contributed by atoms with Crippen molar-refractivity contribution in [3.63, 3.8) is 0 Å². The molecule has 0 saturated carbocycles. The molecule has 1 heterocycles. The highest BCUT2D eigenvalue weighted by Crippen LogP contribution is 1.93. The SMILES string of the molecule is [NH]c1cocn1. The van der Waals surface area contributed by atoms with E-state index in [2.05, 4.69) is 9.40 Å². The van der Waals surface area contributed by atoms with Crippen molar-refractivity contribution in [2.45, 2.75) is 0 Å². The molecule has 0 aliphatic heterocycles. The average molecular weight is 83.1 g/mol. The van der Waals surface area contributed by atoms with Crippen LogP contribution in [-0.2, 0) is 0 Å². The van der Waals surface area contributed by atoms with E-state index in [9.17, 15) is 0 Å². The molecule has 1 N–H and O–H groups in total. The number of oxazole rings is 1. The first-order chi connectivity index (χ1) is 2.89. The fraction of sp³-hybridized carbons (Fsp3) is 0. The molecule has 1 aromatic heterocycles. The second-order valence-corrected chi connectivity index (χ2v) is 0.874. The van der Waals surface area contributed by atoms with Crippen LogP contribution in [0.15, 0.2) is 17.1 Å². The lowest BCUT2D eigenvalue weighted by Crippen LogP contribution is -1.58. The molecule has 0 aliphatic carbocycles. The van der Waals surface area contributed by atoms with Crippen LogP contribution >= 0.6 is 0 Å². The Hall–Kier alpha value is -0.990. The van der Waals surface area contributed by atoms with Gasteiger partial charge in [-0.1, -0.05) is 0 Å². The van der Waals surface area contributed by atoms with Gasteiger partial charge < -0.3 is 4.42 Å². The van der Waals surface area contributed by atoms with Crippen molar-refractivity contribution in [1.29, 1.82) is 0 Å². The summed E-state index contributed by atoms with van der Waals surface area (Å²) in [6.07, 6.45) is 2.49. The number of nitrogens with zero attached hydrogens (tertiary/aromatic N) is 1. The van der Waals surface area contributed by atoms with Gasteiger partial charge in [0.25, 0.3) is 0 Å². The van der Waals surface area contributed by atoms with E-state index in [0.717, 1.165) is 0 Å². The molecule has 0 aliphatic rings. The lowest BCUT2D eigenvalue weighted by molar-refractivity contribution is 0.558. The number of hydrogen-bond donors (Lipinski definition) is 0. The van der Waals surface area contributed by atoms with Gasteiger partial charge >= 0.3 is 0 Å². The van der Waals surface area contributed by atoms with E-state index in [4.69, 9.17) is 5.73 Å². The molecule has 6 heavy (non-hydrogen) atoms. The van der Waals surface area contributed by atoms with Crippen LogP contribution in [0, 0.1) is 0 Å². The highest BCUT2D eigenvalue weighted by atomic mass is 16.3. The van der Waals surface area contributed by atoms with Crippen LogP contribution in [0.5, 0.6) is 0 Å². The summed E-state index contributed by atoms with van der Waals surface area (Å²) in [5, 5.41) is 0. The Morgan fingerprint density at radius 3 is 2.83 bits per heavy atom. The van der Waals surface area contributed by atoms with Gasteiger partial charge in [-0.15, -0.1) is 0 Å². The zero-order valence-corrected chi connectivity index (χ0v) is 3.01. The molecule has 31 valence electrons. The summed E-state index contributed by atoms with van der Waals surface area (Å²) in [4.78, 5) is 3.42. The van der Waals surface area contributed by atoms with Gasteiger partial charge in [0.1, 0.15) is 6.26 Å². The van der Waals surface area contributed by atoms with Gasteiger partial charge in [0, 0.05) is 0 Å². The maximum absolute atomic E-state index is 6.67. The zero-order chi connectivity index (χ0) is 4.41. The summed E-state index contributed by atoms with van der Waals surface area (Å²) in [5.74, 6) is 0.176. The minimum Gasteiger partial charge on any atom is -0.449 e. The Kier molecular flexibility index (Phi) is 0.538. The first-order valence-electron chi connectivity index (χ1n) is 1.49. The highest BCUT2D eigenvalue weighted by Gasteiger charge is 1.79. The third kappa shape index (κ3) is 0.337. The standard InChI is InChI=1S/C3H3N2O/c4-3-1-6-2-5-3/h1-2,4H. The lowest BCUT2D eigenvalue weighted by atomic mass is 10.8. The highest BCUT2D eigenvalue weighted by molar-refractivity contribution is 5.12. The fourth-order valence-corrected chi connectivity index (χ4v) is 0.213. The average Bonchev–Trinajstić information content (AvgIpc) is 1.86. The largest absolute Gasteiger partial charge is 0.449 e. The number of hydrogen-bond acceptors (Lipinski definition) is 2. The molecule has 0 aromatic carbocycles. The van der Waals surface area contributed by atoms with E-state index < -0.39 is 0 Å². The van der Waals surface area contributed by atoms with Gasteiger partial charge in [-0.25, -0.2) is 0 Å². The second-order valence-electron chi connectivity index (χ2n) is 0.874. The van der Waals surface area contributed by atoms with Gasteiger partial charge in [-0.2, -0.15) is 4.98 Å². The molecule has 3 nitrogen and oxygen atoms in total. The Labute approximate surface area is 34.8 Å². The summed E-state index contributed by atoms with van der Waals surface area (Å²) in [6, 6.07) is 0. The van der Waals surface area contributed by atoms with E-state index in [1.165, 1.54) is 12.7 Å². The molecule has 1 radical (unpaired) electrons. The monoisotopic (exact) mass is 83.0 g/mol. The number of nitrogens with one attached hydrogen (secondary N) is 1. The molecule has 0 saturated heterocycles. The molecule has 3 heteroatoms. The van der Waals surface area contributed by atoms with E-state index >= 15 is 0 Å². The quantitative estimate of drug-likeness (QED) is 0.460. The van der Waals surface area contributed by atoms with Gasteiger partial charge in [-0.05, 0) is 0 Å². The number of rotatable bonds is 0. The Bertz CT molecular complexity index is 112. The van der Waals surface area contributed by atoms with Gasteiger partial charge in [0.05, 0.1) is 0 Å². The van der Waals surface area contributed by atoms with Crippen LogP contribution in [0.2, 0.25) is 0 Å². The second kappa shape index (κ2) is 1.01. The van der Waals surface area contributed by atoms with E-state index in [0.29, 0.717) is 0 Å². The van der Waals surface area contributed by atoms with Crippen molar-refractivity contribution in [3.8, 4) is 0 Å². The van der Waals surface area contributed by atoms with E-state index in [1.54, 1.807) is 0 Å². The van der Waals surface area contributed by atoms with Crippen molar-refractivity contribution < 1.29 is 4.42 Å². The van der Waals surface area contributed by atoms with Crippen LogP contribution < -0.4 is 5.73 Å². The van der Waals surface area contributed by atoms with Crippen LogP contribution in [0.3, 0.4) is 0 Å².